The Morgan fingerprint density at radius 3 is 2.48 bits per heavy atom. The fourth-order valence-electron chi connectivity index (χ4n) is 4.38. The van der Waals surface area contributed by atoms with Gasteiger partial charge in [-0.2, -0.15) is 0 Å². The molecule has 3 aliphatic rings. The van der Waals surface area contributed by atoms with Gasteiger partial charge in [-0.1, -0.05) is 25.7 Å². The Morgan fingerprint density at radius 2 is 1.71 bits per heavy atom. The number of nitrogens with zero attached hydrogens (tertiary/aromatic N) is 1. The zero-order chi connectivity index (χ0) is 14.7. The number of carbonyl (C=O) groups is 2. The van der Waals surface area contributed by atoms with Gasteiger partial charge in [0.15, 0.2) is 0 Å². The third-order valence-electron chi connectivity index (χ3n) is 5.56. The molecule has 21 heavy (non-hydrogen) atoms. The van der Waals surface area contributed by atoms with Crippen LogP contribution in [0.5, 0.6) is 0 Å². The lowest BCUT2D eigenvalue weighted by atomic mass is 9.82. The molecule has 1 heterocycles. The van der Waals surface area contributed by atoms with E-state index in [0.717, 1.165) is 57.9 Å². The van der Waals surface area contributed by atoms with Crippen molar-refractivity contribution < 1.29 is 9.59 Å². The Balaban J connectivity index is 1.60. The van der Waals surface area contributed by atoms with Gasteiger partial charge in [0, 0.05) is 31.0 Å². The Morgan fingerprint density at radius 1 is 0.952 bits per heavy atom. The number of Topliss-reactive ketones (excluding diaryl/α,β-unsaturated/α-hetero) is 1. The molecule has 4 heteroatoms. The Labute approximate surface area is 127 Å². The fourth-order valence-corrected chi connectivity index (χ4v) is 4.38. The van der Waals surface area contributed by atoms with Gasteiger partial charge in [0.25, 0.3) is 0 Å². The quantitative estimate of drug-likeness (QED) is 0.849. The number of nitrogens with one attached hydrogen (secondary N) is 1. The first-order valence-corrected chi connectivity index (χ1v) is 8.85. The van der Waals surface area contributed by atoms with Crippen molar-refractivity contribution in [1.82, 2.24) is 10.2 Å². The number of hydrogen-bond acceptors (Lipinski definition) is 2. The average molecular weight is 292 g/mol. The lowest BCUT2D eigenvalue weighted by Gasteiger charge is -2.34. The minimum atomic E-state index is 0.0859. The number of rotatable bonds is 2. The molecule has 2 saturated carbocycles. The summed E-state index contributed by atoms with van der Waals surface area (Å²) < 4.78 is 0. The average Bonchev–Trinajstić information content (AvgIpc) is 2.98. The van der Waals surface area contributed by atoms with Gasteiger partial charge < -0.3 is 10.2 Å². The highest BCUT2D eigenvalue weighted by molar-refractivity contribution is 5.83. The van der Waals surface area contributed by atoms with E-state index in [0.29, 0.717) is 11.8 Å². The van der Waals surface area contributed by atoms with Gasteiger partial charge in [-0.25, -0.2) is 4.79 Å². The van der Waals surface area contributed by atoms with Crippen LogP contribution in [-0.2, 0) is 4.79 Å². The van der Waals surface area contributed by atoms with Gasteiger partial charge >= 0.3 is 6.03 Å². The molecule has 3 fully saturated rings. The molecule has 1 aliphatic heterocycles. The second-order valence-corrected chi connectivity index (χ2v) is 7.01. The molecule has 118 valence electrons. The first-order chi connectivity index (χ1) is 10.3. The van der Waals surface area contributed by atoms with E-state index in [1.807, 2.05) is 4.90 Å². The maximum Gasteiger partial charge on any atom is 0.317 e. The molecule has 2 aliphatic carbocycles. The molecule has 0 radical (unpaired) electrons. The van der Waals surface area contributed by atoms with Crippen molar-refractivity contribution in [3.05, 3.63) is 0 Å². The molecule has 2 amide bonds. The maximum absolute atomic E-state index is 12.6. The molecule has 4 nitrogen and oxygen atoms in total. The van der Waals surface area contributed by atoms with E-state index < -0.39 is 0 Å². The molecule has 0 aromatic rings. The van der Waals surface area contributed by atoms with Gasteiger partial charge in [0.2, 0.25) is 0 Å². The summed E-state index contributed by atoms with van der Waals surface area (Å²) >= 11 is 0. The standard InChI is InChI=1S/C17H28N2O2/c20-16-11-5-4-9-14(16)15-10-6-12-19(15)17(21)18-13-7-2-1-3-8-13/h13-15H,1-12H2,(H,18,21). The van der Waals surface area contributed by atoms with Gasteiger partial charge in [0.1, 0.15) is 5.78 Å². The highest BCUT2D eigenvalue weighted by Crippen LogP contribution is 2.32. The van der Waals surface area contributed by atoms with Gasteiger partial charge in [0.05, 0.1) is 0 Å². The van der Waals surface area contributed by atoms with Crippen LogP contribution < -0.4 is 5.32 Å². The van der Waals surface area contributed by atoms with Crippen molar-refractivity contribution in [3.63, 3.8) is 0 Å². The molecular weight excluding hydrogens is 264 g/mol. The van der Waals surface area contributed by atoms with E-state index in [9.17, 15) is 9.59 Å². The predicted octanol–water partition coefficient (Wildman–Crippen LogP) is 3.25. The molecule has 0 spiro atoms. The van der Waals surface area contributed by atoms with Crippen LogP contribution in [0.25, 0.3) is 0 Å². The van der Waals surface area contributed by atoms with Crippen molar-refractivity contribution in [2.45, 2.75) is 82.7 Å². The Bertz CT molecular complexity index is 390. The smallest absolute Gasteiger partial charge is 0.317 e. The van der Waals surface area contributed by atoms with E-state index in [2.05, 4.69) is 5.32 Å². The van der Waals surface area contributed by atoms with Crippen molar-refractivity contribution in [1.29, 1.82) is 0 Å². The Hall–Kier alpha value is -1.06. The van der Waals surface area contributed by atoms with Crippen LogP contribution >= 0.6 is 0 Å². The van der Waals surface area contributed by atoms with Crippen LogP contribution in [0, 0.1) is 5.92 Å². The summed E-state index contributed by atoms with van der Waals surface area (Å²) in [6.45, 7) is 0.826. The number of likely N-dealkylation sites (tertiary alicyclic amines) is 1. The molecule has 3 rings (SSSR count). The van der Waals surface area contributed by atoms with E-state index in [4.69, 9.17) is 0 Å². The minimum absolute atomic E-state index is 0.0859. The third-order valence-corrected chi connectivity index (χ3v) is 5.56. The van der Waals surface area contributed by atoms with Gasteiger partial charge in [-0.15, -0.1) is 0 Å². The fraction of sp³-hybridized carbons (Fsp3) is 0.882. The van der Waals surface area contributed by atoms with E-state index in [1.165, 1.54) is 19.3 Å². The molecule has 2 atom stereocenters. The first-order valence-electron chi connectivity index (χ1n) is 8.85. The largest absolute Gasteiger partial charge is 0.335 e. The van der Waals surface area contributed by atoms with Crippen molar-refractivity contribution in [3.8, 4) is 0 Å². The number of urea groups is 1. The van der Waals surface area contributed by atoms with Crippen LogP contribution in [0.15, 0.2) is 0 Å². The second kappa shape index (κ2) is 6.80. The monoisotopic (exact) mass is 292 g/mol. The highest BCUT2D eigenvalue weighted by Gasteiger charge is 2.39. The molecule has 1 saturated heterocycles. The summed E-state index contributed by atoms with van der Waals surface area (Å²) in [4.78, 5) is 26.7. The molecular formula is C17H28N2O2. The van der Waals surface area contributed by atoms with Crippen LogP contribution in [0.3, 0.4) is 0 Å². The summed E-state index contributed by atoms with van der Waals surface area (Å²) in [6, 6.07) is 0.610. The summed E-state index contributed by atoms with van der Waals surface area (Å²) in [6.07, 6.45) is 11.9. The first kappa shape index (κ1) is 14.9. The topological polar surface area (TPSA) is 49.4 Å². The number of ketones is 1. The van der Waals surface area contributed by atoms with E-state index in [-0.39, 0.29) is 18.0 Å². The molecule has 2 unspecified atom stereocenters. The Kier molecular flexibility index (Phi) is 4.81. The van der Waals surface area contributed by atoms with Crippen LogP contribution in [0.4, 0.5) is 4.79 Å². The van der Waals surface area contributed by atoms with Crippen LogP contribution in [0.2, 0.25) is 0 Å². The minimum Gasteiger partial charge on any atom is -0.335 e. The molecule has 0 bridgehead atoms. The maximum atomic E-state index is 12.6. The van der Waals surface area contributed by atoms with E-state index >= 15 is 0 Å². The zero-order valence-electron chi connectivity index (χ0n) is 13.0. The van der Waals surface area contributed by atoms with Gasteiger partial charge in [-0.05, 0) is 38.5 Å². The summed E-state index contributed by atoms with van der Waals surface area (Å²) in [5, 5.41) is 3.22. The second-order valence-electron chi connectivity index (χ2n) is 7.01. The SMILES string of the molecule is O=C1CCCCC1C1CCCN1C(=O)NC1CCCCC1. The zero-order valence-corrected chi connectivity index (χ0v) is 13.0. The normalized spacial score (nSPS) is 31.4. The van der Waals surface area contributed by atoms with Crippen molar-refractivity contribution in [2.24, 2.45) is 5.92 Å². The summed E-state index contributed by atoms with van der Waals surface area (Å²) in [5.74, 6) is 0.502. The number of hydrogen-bond donors (Lipinski definition) is 1. The van der Waals surface area contributed by atoms with Crippen LogP contribution in [-0.4, -0.2) is 35.3 Å². The van der Waals surface area contributed by atoms with Gasteiger partial charge in [-0.3, -0.25) is 4.79 Å². The molecule has 1 N–H and O–H groups in total. The summed E-state index contributed by atoms with van der Waals surface area (Å²) in [7, 11) is 0. The molecule has 0 aromatic carbocycles. The lowest BCUT2D eigenvalue weighted by Crippen LogP contribution is -2.50. The molecule has 0 aromatic heterocycles. The lowest BCUT2D eigenvalue weighted by molar-refractivity contribution is -0.126. The van der Waals surface area contributed by atoms with Crippen molar-refractivity contribution in [2.75, 3.05) is 6.54 Å². The number of amides is 2. The number of carbonyl (C=O) groups excluding carboxylic acids is 2. The predicted molar refractivity (Wildman–Crippen MR) is 82.1 cm³/mol. The highest BCUT2D eigenvalue weighted by atomic mass is 16.2. The van der Waals surface area contributed by atoms with Crippen molar-refractivity contribution >= 4 is 11.8 Å². The third kappa shape index (κ3) is 3.41. The van der Waals surface area contributed by atoms with Crippen LogP contribution in [0.1, 0.15) is 70.6 Å². The van der Waals surface area contributed by atoms with E-state index in [1.54, 1.807) is 0 Å². The summed E-state index contributed by atoms with van der Waals surface area (Å²) in [5.41, 5.74) is 0.